The minimum absolute atomic E-state index is 0.0463. The zero-order chi connectivity index (χ0) is 25.7. The van der Waals surface area contributed by atoms with Crippen molar-refractivity contribution in [1.29, 1.82) is 0 Å². The number of Topliss-reactive ketones (excluding diaryl/α,β-unsaturated/α-hetero) is 2. The van der Waals surface area contributed by atoms with Crippen molar-refractivity contribution in [3.8, 4) is 0 Å². The van der Waals surface area contributed by atoms with Crippen LogP contribution in [0.3, 0.4) is 0 Å². The van der Waals surface area contributed by atoms with Crippen molar-refractivity contribution in [2.75, 3.05) is 7.11 Å². The normalized spacial score (nSPS) is 56.1. The SMILES string of the molecule is CO[C@@H]1C[C@H](O[C@@H]2CC3=CC[C@@H]4[C@H]5C(=O)C[C@H]6[C@@H](C)O[C@@H](C(=O)[C@H]4[C@@]3(C)C[C@@H]2O)[C@@]56C)O[C@H](C)[C@@H]1O. The molecule has 2 saturated heterocycles. The van der Waals surface area contributed by atoms with Gasteiger partial charge in [-0.1, -0.05) is 25.5 Å². The zero-order valence-electron chi connectivity index (χ0n) is 21.9. The molecule has 14 atom stereocenters. The average Bonchev–Trinajstić information content (AvgIpc) is 3.23. The largest absolute Gasteiger partial charge is 0.390 e. The smallest absolute Gasteiger partial charge is 0.166 e. The lowest BCUT2D eigenvalue weighted by atomic mass is 9.46. The van der Waals surface area contributed by atoms with E-state index in [1.807, 2.05) is 6.92 Å². The summed E-state index contributed by atoms with van der Waals surface area (Å²) in [6.07, 6.45) is 0.620. The second kappa shape index (κ2) is 8.42. The molecule has 5 fully saturated rings. The first kappa shape index (κ1) is 25.1. The molecule has 4 aliphatic carbocycles. The molecule has 0 amide bonds. The Hall–Kier alpha value is -1.16. The Labute approximate surface area is 212 Å². The molecule has 2 N–H and O–H groups in total. The fraction of sp³-hybridized carbons (Fsp3) is 0.857. The Morgan fingerprint density at radius 3 is 2.50 bits per heavy atom. The van der Waals surface area contributed by atoms with Gasteiger partial charge in [0.25, 0.3) is 0 Å². The number of aliphatic hydroxyl groups excluding tert-OH is 2. The fourth-order valence-corrected chi connectivity index (χ4v) is 9.19. The molecule has 0 aromatic carbocycles. The Morgan fingerprint density at radius 1 is 1.03 bits per heavy atom. The summed E-state index contributed by atoms with van der Waals surface area (Å²) in [6.45, 7) is 7.97. The highest BCUT2D eigenvalue weighted by Crippen LogP contribution is 2.67. The van der Waals surface area contributed by atoms with Crippen LogP contribution in [0.2, 0.25) is 0 Å². The quantitative estimate of drug-likeness (QED) is 0.563. The summed E-state index contributed by atoms with van der Waals surface area (Å²) in [5.74, 6) is -0.0656. The first-order valence-electron chi connectivity index (χ1n) is 13.6. The number of ether oxygens (including phenoxy) is 4. The summed E-state index contributed by atoms with van der Waals surface area (Å²) in [4.78, 5) is 27.4. The van der Waals surface area contributed by atoms with Crippen LogP contribution in [-0.4, -0.2) is 77.9 Å². The van der Waals surface area contributed by atoms with Gasteiger partial charge in [-0.25, -0.2) is 0 Å². The van der Waals surface area contributed by atoms with E-state index in [1.54, 1.807) is 14.0 Å². The number of hydrogen-bond acceptors (Lipinski definition) is 8. The molecule has 8 heteroatoms. The van der Waals surface area contributed by atoms with Crippen molar-refractivity contribution in [2.24, 2.45) is 34.5 Å². The van der Waals surface area contributed by atoms with Gasteiger partial charge in [0, 0.05) is 48.5 Å². The Bertz CT molecular complexity index is 979. The number of methoxy groups -OCH3 is 1. The van der Waals surface area contributed by atoms with Gasteiger partial charge >= 0.3 is 0 Å². The number of ketones is 2. The van der Waals surface area contributed by atoms with Crippen LogP contribution in [0.5, 0.6) is 0 Å². The van der Waals surface area contributed by atoms with Gasteiger partial charge in [-0.15, -0.1) is 0 Å². The molecular formula is C28H40O8. The molecule has 0 aromatic heterocycles. The number of allylic oxidation sites excluding steroid dienone is 1. The molecule has 36 heavy (non-hydrogen) atoms. The van der Waals surface area contributed by atoms with Crippen LogP contribution in [0, 0.1) is 34.5 Å². The third kappa shape index (κ3) is 3.27. The van der Waals surface area contributed by atoms with Crippen molar-refractivity contribution in [3.05, 3.63) is 11.6 Å². The number of rotatable bonds is 3. The van der Waals surface area contributed by atoms with Crippen LogP contribution in [0.25, 0.3) is 0 Å². The van der Waals surface area contributed by atoms with Crippen LogP contribution in [0.1, 0.15) is 59.8 Å². The van der Waals surface area contributed by atoms with Gasteiger partial charge in [0.1, 0.15) is 18.0 Å². The first-order valence-corrected chi connectivity index (χ1v) is 13.6. The van der Waals surface area contributed by atoms with Gasteiger partial charge in [-0.3, -0.25) is 9.59 Å². The summed E-state index contributed by atoms with van der Waals surface area (Å²) in [5.41, 5.74) is 0.156. The second-order valence-corrected chi connectivity index (χ2v) is 12.7. The summed E-state index contributed by atoms with van der Waals surface area (Å²) >= 11 is 0. The lowest BCUT2D eigenvalue weighted by Crippen LogP contribution is -2.62. The fourth-order valence-electron chi connectivity index (χ4n) is 9.19. The lowest BCUT2D eigenvalue weighted by Gasteiger charge is -2.57. The molecule has 6 aliphatic rings. The first-order chi connectivity index (χ1) is 17.0. The molecule has 2 heterocycles. The van der Waals surface area contributed by atoms with E-state index in [4.69, 9.17) is 18.9 Å². The minimum Gasteiger partial charge on any atom is -0.390 e. The maximum absolute atomic E-state index is 14.1. The second-order valence-electron chi connectivity index (χ2n) is 12.7. The predicted molar refractivity (Wildman–Crippen MR) is 128 cm³/mol. The number of carbonyl (C=O) groups is 2. The summed E-state index contributed by atoms with van der Waals surface area (Å²) in [6, 6.07) is 0. The molecule has 0 aromatic rings. The Morgan fingerprint density at radius 2 is 1.78 bits per heavy atom. The lowest BCUT2D eigenvalue weighted by molar-refractivity contribution is -0.275. The highest BCUT2D eigenvalue weighted by atomic mass is 16.7. The van der Waals surface area contributed by atoms with Gasteiger partial charge in [0.05, 0.1) is 30.5 Å². The van der Waals surface area contributed by atoms with E-state index in [-0.39, 0.29) is 41.3 Å². The van der Waals surface area contributed by atoms with Gasteiger partial charge in [-0.05, 0) is 39.0 Å². The molecule has 0 radical (unpaired) electrons. The average molecular weight is 505 g/mol. The molecule has 3 saturated carbocycles. The number of hydrogen-bond donors (Lipinski definition) is 2. The third-order valence-electron chi connectivity index (χ3n) is 11.0. The number of fused-ring (bicyclic) bond motifs is 4. The number of carbonyl (C=O) groups excluding carboxylic acids is 2. The maximum atomic E-state index is 14.1. The van der Waals surface area contributed by atoms with E-state index in [1.165, 1.54) is 0 Å². The third-order valence-corrected chi connectivity index (χ3v) is 11.0. The predicted octanol–water partition coefficient (Wildman–Crippen LogP) is 2.19. The van der Waals surface area contributed by atoms with E-state index in [0.29, 0.717) is 32.1 Å². The molecule has 6 rings (SSSR count). The van der Waals surface area contributed by atoms with Crippen molar-refractivity contribution < 1.29 is 38.7 Å². The molecular weight excluding hydrogens is 464 g/mol. The molecule has 8 nitrogen and oxygen atoms in total. The topological polar surface area (TPSA) is 112 Å². The minimum atomic E-state index is -0.783. The van der Waals surface area contributed by atoms with Crippen molar-refractivity contribution >= 4 is 11.6 Å². The summed E-state index contributed by atoms with van der Waals surface area (Å²) in [5, 5.41) is 21.6. The van der Waals surface area contributed by atoms with Crippen molar-refractivity contribution in [2.45, 2.75) is 109 Å². The van der Waals surface area contributed by atoms with Gasteiger partial charge < -0.3 is 29.2 Å². The Balaban J connectivity index is 1.26. The van der Waals surface area contributed by atoms with Crippen LogP contribution in [0.15, 0.2) is 11.6 Å². The molecule has 0 unspecified atom stereocenters. The molecule has 0 spiro atoms. The molecule has 2 aliphatic heterocycles. The van der Waals surface area contributed by atoms with Crippen molar-refractivity contribution in [3.63, 3.8) is 0 Å². The van der Waals surface area contributed by atoms with Crippen LogP contribution < -0.4 is 0 Å². The van der Waals surface area contributed by atoms with E-state index < -0.39 is 53.7 Å². The highest BCUT2D eigenvalue weighted by Gasteiger charge is 2.72. The van der Waals surface area contributed by atoms with Crippen LogP contribution >= 0.6 is 0 Å². The maximum Gasteiger partial charge on any atom is 0.166 e. The van der Waals surface area contributed by atoms with Crippen LogP contribution in [-0.2, 0) is 28.5 Å². The summed E-state index contributed by atoms with van der Waals surface area (Å²) in [7, 11) is 1.56. The van der Waals surface area contributed by atoms with E-state index in [2.05, 4.69) is 19.9 Å². The van der Waals surface area contributed by atoms with Crippen molar-refractivity contribution in [1.82, 2.24) is 0 Å². The Kier molecular flexibility index (Phi) is 5.88. The van der Waals surface area contributed by atoms with Gasteiger partial charge in [0.2, 0.25) is 0 Å². The van der Waals surface area contributed by atoms with Crippen LogP contribution in [0.4, 0.5) is 0 Å². The van der Waals surface area contributed by atoms with E-state index in [9.17, 15) is 19.8 Å². The standard InChI is InChI=1S/C28H40O8/c1-12-16-9-17(29)22-15-7-6-14-8-19(36-21-10-20(33-5)24(31)13(2)34-21)18(30)11-27(14,3)23(15)25(32)26(35-12)28(16,22)4/h6,12-13,15-16,18-24,26,30-31H,7-11H2,1-5H3/t12-,13-,15-,16+,18+,19-,20-,21+,22+,23+,24+,26+,27+,28-/m1/s1. The monoisotopic (exact) mass is 504 g/mol. The summed E-state index contributed by atoms with van der Waals surface area (Å²) < 4.78 is 23.8. The molecule has 200 valence electrons. The zero-order valence-corrected chi connectivity index (χ0v) is 21.9. The van der Waals surface area contributed by atoms with E-state index >= 15 is 0 Å². The molecule has 0 bridgehead atoms. The van der Waals surface area contributed by atoms with E-state index in [0.717, 1.165) is 5.57 Å². The number of aliphatic hydroxyl groups is 2. The van der Waals surface area contributed by atoms with Gasteiger partial charge in [0.15, 0.2) is 12.1 Å². The van der Waals surface area contributed by atoms with Gasteiger partial charge in [-0.2, -0.15) is 0 Å². The highest BCUT2D eigenvalue weighted by molar-refractivity contribution is 5.96.